The second-order valence-corrected chi connectivity index (χ2v) is 7.76. The zero-order valence-electron chi connectivity index (χ0n) is 14.1. The van der Waals surface area contributed by atoms with Crippen LogP contribution in [0.25, 0.3) is 11.0 Å². The highest BCUT2D eigenvalue weighted by Crippen LogP contribution is 2.28. The lowest BCUT2D eigenvalue weighted by atomic mass is 10.2. The van der Waals surface area contributed by atoms with Crippen LogP contribution in [0.15, 0.2) is 38.3 Å². The lowest BCUT2D eigenvalue weighted by Gasteiger charge is -2.04. The molecule has 1 amide bonds. The van der Waals surface area contributed by atoms with E-state index in [1.807, 2.05) is 19.1 Å². The van der Waals surface area contributed by atoms with Crippen LogP contribution in [-0.4, -0.2) is 16.7 Å². The van der Waals surface area contributed by atoms with Gasteiger partial charge in [0.1, 0.15) is 5.58 Å². The third-order valence-corrected chi connectivity index (χ3v) is 5.32. The summed E-state index contributed by atoms with van der Waals surface area (Å²) in [4.78, 5) is 12.3. The Bertz CT molecular complexity index is 988. The van der Waals surface area contributed by atoms with E-state index in [4.69, 9.17) is 4.42 Å². The number of halogens is 2. The number of nitrogens with one attached hydrogen (secondary N) is 1. The Kier molecular flexibility index (Phi) is 5.33. The number of carbonyl (C=O) groups excluding carboxylic acids is 1. The van der Waals surface area contributed by atoms with Gasteiger partial charge in [0.25, 0.3) is 0 Å². The number of benzene rings is 1. The molecule has 0 unspecified atom stereocenters. The smallest absolute Gasteiger partial charge is 0.307 e. The zero-order valence-corrected chi connectivity index (χ0v) is 17.8. The number of hydrogen-bond donors (Lipinski definition) is 1. The minimum Gasteiger partial charge on any atom is -0.450 e. The monoisotopic (exact) mass is 513 g/mol. The molecule has 2 heterocycles. The van der Waals surface area contributed by atoms with Gasteiger partial charge in [-0.2, -0.15) is 5.10 Å². The molecule has 0 aliphatic carbocycles. The summed E-state index contributed by atoms with van der Waals surface area (Å²) >= 11 is 5.63. The molecule has 5 nitrogen and oxygen atoms in total. The van der Waals surface area contributed by atoms with E-state index in [-0.39, 0.29) is 11.7 Å². The fraction of sp³-hybridized carbons (Fsp3) is 0.222. The minimum atomic E-state index is -0.372. The summed E-state index contributed by atoms with van der Waals surface area (Å²) in [6.45, 7) is 7.11. The molecule has 0 radical (unpaired) electrons. The molecule has 0 atom stereocenters. The van der Waals surface area contributed by atoms with E-state index >= 15 is 0 Å². The summed E-state index contributed by atoms with van der Waals surface area (Å²) in [5.41, 5.74) is 6.51. The Balaban J connectivity index is 1.78. The van der Waals surface area contributed by atoms with Crippen molar-refractivity contribution < 1.29 is 9.21 Å². The van der Waals surface area contributed by atoms with Crippen molar-refractivity contribution in [3.8, 4) is 0 Å². The summed E-state index contributed by atoms with van der Waals surface area (Å²) in [6.07, 6.45) is 1.66. The van der Waals surface area contributed by atoms with E-state index in [2.05, 4.69) is 73.5 Å². The Morgan fingerprint density at radius 1 is 1.36 bits per heavy atom. The van der Waals surface area contributed by atoms with E-state index in [1.54, 1.807) is 12.3 Å². The number of amides is 1. The maximum absolute atomic E-state index is 12.3. The molecule has 3 aromatic rings. The Labute approximate surface area is 167 Å². The zero-order chi connectivity index (χ0) is 18.1. The summed E-state index contributed by atoms with van der Waals surface area (Å²) in [7, 11) is 0. The van der Waals surface area contributed by atoms with Crippen molar-refractivity contribution in [2.75, 3.05) is 0 Å². The number of furan rings is 1. The van der Waals surface area contributed by atoms with Crippen LogP contribution in [0.3, 0.4) is 0 Å². The van der Waals surface area contributed by atoms with Gasteiger partial charge < -0.3 is 8.98 Å². The summed E-state index contributed by atoms with van der Waals surface area (Å²) < 4.78 is 9.75. The maximum atomic E-state index is 12.3. The molecule has 0 aliphatic rings. The molecule has 0 bridgehead atoms. The lowest BCUT2D eigenvalue weighted by molar-refractivity contribution is 0.0929. The molecule has 25 heavy (non-hydrogen) atoms. The number of hydrogen-bond acceptors (Lipinski definition) is 3. The van der Waals surface area contributed by atoms with E-state index in [0.717, 1.165) is 31.2 Å². The van der Waals surface area contributed by atoms with Gasteiger partial charge in [-0.1, -0.05) is 15.9 Å². The van der Waals surface area contributed by atoms with Crippen molar-refractivity contribution >= 4 is 61.6 Å². The van der Waals surface area contributed by atoms with Crippen LogP contribution in [-0.2, 0) is 6.54 Å². The first-order valence-electron chi connectivity index (χ1n) is 7.79. The SMILES string of the molecule is CCn1c(C)cc(/C=N\NC(=O)c2cc3cc(Br)cc(I)c3o2)c1C. The summed E-state index contributed by atoms with van der Waals surface area (Å²) in [5.74, 6) is -0.133. The molecule has 2 aromatic heterocycles. The van der Waals surface area contributed by atoms with Crippen LogP contribution in [0.2, 0.25) is 0 Å². The van der Waals surface area contributed by atoms with Gasteiger partial charge in [0.05, 0.1) is 9.78 Å². The predicted octanol–water partition coefficient (Wildman–Crippen LogP) is 5.00. The van der Waals surface area contributed by atoms with Crippen LogP contribution < -0.4 is 5.43 Å². The first-order chi connectivity index (χ1) is 11.9. The number of rotatable bonds is 4. The first-order valence-corrected chi connectivity index (χ1v) is 9.66. The fourth-order valence-electron chi connectivity index (χ4n) is 2.85. The van der Waals surface area contributed by atoms with Gasteiger partial charge in [0, 0.05) is 33.4 Å². The van der Waals surface area contributed by atoms with Gasteiger partial charge in [-0.05, 0) is 67.6 Å². The molecule has 130 valence electrons. The van der Waals surface area contributed by atoms with Gasteiger partial charge >= 0.3 is 5.91 Å². The molecule has 1 N–H and O–H groups in total. The Morgan fingerprint density at radius 2 is 2.12 bits per heavy atom. The van der Waals surface area contributed by atoms with Gasteiger partial charge in [0.2, 0.25) is 0 Å². The van der Waals surface area contributed by atoms with Gasteiger partial charge in [-0.25, -0.2) is 5.43 Å². The van der Waals surface area contributed by atoms with Crippen LogP contribution in [0.4, 0.5) is 0 Å². The minimum absolute atomic E-state index is 0.238. The molecule has 0 spiro atoms. The number of fused-ring (bicyclic) bond motifs is 1. The van der Waals surface area contributed by atoms with Crippen molar-refractivity contribution in [3.63, 3.8) is 0 Å². The lowest BCUT2D eigenvalue weighted by Crippen LogP contribution is -2.16. The van der Waals surface area contributed by atoms with E-state index in [9.17, 15) is 4.79 Å². The Morgan fingerprint density at radius 3 is 2.80 bits per heavy atom. The van der Waals surface area contributed by atoms with E-state index < -0.39 is 0 Å². The fourth-order valence-corrected chi connectivity index (χ4v) is 4.51. The standard InChI is InChI=1S/C18H17BrIN3O2/c1-4-23-10(2)5-13(11(23)3)9-21-22-18(24)16-7-12-6-14(19)8-15(20)17(12)25-16/h5-9H,4H2,1-3H3,(H,22,24)/b21-9-. The van der Waals surface area contributed by atoms with Gasteiger partial charge in [-0.15, -0.1) is 0 Å². The third kappa shape index (κ3) is 3.67. The van der Waals surface area contributed by atoms with Crippen molar-refractivity contribution in [2.24, 2.45) is 5.10 Å². The van der Waals surface area contributed by atoms with Crippen LogP contribution in [0, 0.1) is 17.4 Å². The molecule has 1 aromatic carbocycles. The summed E-state index contributed by atoms with van der Waals surface area (Å²) in [5, 5.41) is 4.94. The largest absolute Gasteiger partial charge is 0.450 e. The molecule has 3 rings (SSSR count). The summed E-state index contributed by atoms with van der Waals surface area (Å²) in [6, 6.07) is 7.63. The number of hydrazone groups is 1. The third-order valence-electron chi connectivity index (χ3n) is 4.06. The average molecular weight is 514 g/mol. The van der Waals surface area contributed by atoms with E-state index in [0.29, 0.717) is 5.58 Å². The molecule has 0 fully saturated rings. The number of nitrogens with zero attached hydrogens (tertiary/aromatic N) is 2. The van der Waals surface area contributed by atoms with Gasteiger partial charge in [-0.3, -0.25) is 4.79 Å². The normalized spacial score (nSPS) is 11.6. The van der Waals surface area contributed by atoms with Crippen molar-refractivity contribution in [1.29, 1.82) is 0 Å². The molecule has 0 aliphatic heterocycles. The number of aromatic nitrogens is 1. The predicted molar refractivity (Wildman–Crippen MR) is 111 cm³/mol. The van der Waals surface area contributed by atoms with Crippen LogP contribution in [0.1, 0.15) is 34.4 Å². The molecule has 0 saturated heterocycles. The maximum Gasteiger partial charge on any atom is 0.307 e. The molecular formula is C18H17BrIN3O2. The number of carbonyl (C=O) groups is 1. The second kappa shape index (κ2) is 7.33. The van der Waals surface area contributed by atoms with Crippen molar-refractivity contribution in [3.05, 3.63) is 55.0 Å². The van der Waals surface area contributed by atoms with E-state index in [1.165, 1.54) is 5.69 Å². The van der Waals surface area contributed by atoms with Crippen molar-refractivity contribution in [1.82, 2.24) is 9.99 Å². The second-order valence-electron chi connectivity index (χ2n) is 5.69. The van der Waals surface area contributed by atoms with Gasteiger partial charge in [0.15, 0.2) is 5.76 Å². The molecule has 7 heteroatoms. The van der Waals surface area contributed by atoms with Crippen LogP contribution in [0.5, 0.6) is 0 Å². The number of aryl methyl sites for hydroxylation is 1. The highest BCUT2D eigenvalue weighted by Gasteiger charge is 2.14. The van der Waals surface area contributed by atoms with Crippen LogP contribution >= 0.6 is 38.5 Å². The van der Waals surface area contributed by atoms with Crippen molar-refractivity contribution in [2.45, 2.75) is 27.3 Å². The highest BCUT2D eigenvalue weighted by molar-refractivity contribution is 14.1. The molecular weight excluding hydrogens is 497 g/mol. The average Bonchev–Trinajstić information content (AvgIpc) is 3.09. The topological polar surface area (TPSA) is 59.5 Å². The molecule has 0 saturated carbocycles. The first kappa shape index (κ1) is 18.2. The quantitative estimate of drug-likeness (QED) is 0.303. The Hall–Kier alpha value is -1.61. The highest BCUT2D eigenvalue weighted by atomic mass is 127.